The first-order valence-electron chi connectivity index (χ1n) is 7.14. The van der Waals surface area contributed by atoms with Gasteiger partial charge in [0.1, 0.15) is 0 Å². The summed E-state index contributed by atoms with van der Waals surface area (Å²) >= 11 is 0. The van der Waals surface area contributed by atoms with Crippen LogP contribution >= 0.6 is 0 Å². The molecule has 0 aliphatic heterocycles. The second kappa shape index (κ2) is 8.02. The minimum Gasteiger partial charge on any atom is -0.394 e. The first-order chi connectivity index (χ1) is 9.48. The average Bonchev–Trinajstić information content (AvgIpc) is 2.43. The highest BCUT2D eigenvalue weighted by molar-refractivity contribution is 5.76. The van der Waals surface area contributed by atoms with Gasteiger partial charge in [-0.25, -0.2) is 0 Å². The normalized spacial score (nSPS) is 13.0. The molecule has 0 saturated heterocycles. The van der Waals surface area contributed by atoms with Crippen molar-refractivity contribution < 1.29 is 9.90 Å². The van der Waals surface area contributed by atoms with Crippen molar-refractivity contribution in [1.29, 1.82) is 0 Å². The Morgan fingerprint density at radius 1 is 1.30 bits per heavy atom. The number of benzene rings is 1. The number of nitrogens with one attached hydrogen (secondary N) is 1. The van der Waals surface area contributed by atoms with Gasteiger partial charge in [0.25, 0.3) is 0 Å². The average molecular weight is 278 g/mol. The van der Waals surface area contributed by atoms with Crippen LogP contribution in [0.5, 0.6) is 0 Å². The molecule has 0 spiro atoms. The lowest BCUT2D eigenvalue weighted by atomic mass is 9.84. The van der Waals surface area contributed by atoms with Gasteiger partial charge < -0.3 is 16.2 Å². The van der Waals surface area contributed by atoms with Gasteiger partial charge in [0.15, 0.2) is 0 Å². The molecule has 1 amide bonds. The van der Waals surface area contributed by atoms with Crippen molar-refractivity contribution in [2.75, 3.05) is 13.2 Å². The zero-order valence-corrected chi connectivity index (χ0v) is 12.4. The largest absolute Gasteiger partial charge is 0.394 e. The third kappa shape index (κ3) is 5.72. The SMILES string of the molecule is CC(C)(CCN)CCC(=O)N[C@H](CO)c1ccccc1. The smallest absolute Gasteiger partial charge is 0.220 e. The van der Waals surface area contributed by atoms with Gasteiger partial charge in [-0.05, 0) is 30.4 Å². The summed E-state index contributed by atoms with van der Waals surface area (Å²) in [7, 11) is 0. The van der Waals surface area contributed by atoms with Gasteiger partial charge in [-0.15, -0.1) is 0 Å². The summed E-state index contributed by atoms with van der Waals surface area (Å²) in [5, 5.41) is 12.3. The Kier molecular flexibility index (Phi) is 6.68. The summed E-state index contributed by atoms with van der Waals surface area (Å²) in [4.78, 5) is 12.0. The summed E-state index contributed by atoms with van der Waals surface area (Å²) in [6, 6.07) is 9.18. The van der Waals surface area contributed by atoms with Gasteiger partial charge in [-0.1, -0.05) is 44.2 Å². The van der Waals surface area contributed by atoms with Crippen LogP contribution in [-0.4, -0.2) is 24.2 Å². The third-order valence-corrected chi connectivity index (χ3v) is 3.57. The zero-order valence-electron chi connectivity index (χ0n) is 12.4. The van der Waals surface area contributed by atoms with E-state index < -0.39 is 0 Å². The number of amides is 1. The van der Waals surface area contributed by atoms with E-state index >= 15 is 0 Å². The summed E-state index contributed by atoms with van der Waals surface area (Å²) in [5.41, 5.74) is 6.56. The zero-order chi connectivity index (χ0) is 15.0. The van der Waals surface area contributed by atoms with Crippen LogP contribution in [-0.2, 0) is 4.79 Å². The molecule has 0 aromatic heterocycles. The van der Waals surface area contributed by atoms with E-state index in [-0.39, 0.29) is 24.0 Å². The number of aliphatic hydroxyl groups is 1. The van der Waals surface area contributed by atoms with Crippen LogP contribution in [0.15, 0.2) is 30.3 Å². The quantitative estimate of drug-likeness (QED) is 0.680. The maximum absolute atomic E-state index is 12.0. The first-order valence-corrected chi connectivity index (χ1v) is 7.14. The summed E-state index contributed by atoms with van der Waals surface area (Å²) in [6.07, 6.45) is 2.15. The van der Waals surface area contributed by atoms with E-state index in [2.05, 4.69) is 19.2 Å². The fourth-order valence-corrected chi connectivity index (χ4v) is 2.15. The van der Waals surface area contributed by atoms with Crippen molar-refractivity contribution in [3.63, 3.8) is 0 Å². The van der Waals surface area contributed by atoms with Crippen LogP contribution in [0.2, 0.25) is 0 Å². The molecule has 0 saturated carbocycles. The standard InChI is InChI=1S/C16H26N2O2/c1-16(2,10-11-17)9-8-15(20)18-14(12-19)13-6-4-3-5-7-13/h3-7,14,19H,8-12,17H2,1-2H3,(H,18,20)/t14-/m1/s1. The van der Waals surface area contributed by atoms with Crippen molar-refractivity contribution in [1.82, 2.24) is 5.32 Å². The third-order valence-electron chi connectivity index (χ3n) is 3.57. The van der Waals surface area contributed by atoms with Gasteiger partial charge in [-0.3, -0.25) is 4.79 Å². The number of rotatable bonds is 8. The molecule has 0 unspecified atom stereocenters. The van der Waals surface area contributed by atoms with Crippen molar-refractivity contribution in [2.24, 2.45) is 11.1 Å². The van der Waals surface area contributed by atoms with Crippen LogP contribution in [0.25, 0.3) is 0 Å². The molecule has 0 bridgehead atoms. The second-order valence-corrected chi connectivity index (χ2v) is 5.92. The van der Waals surface area contributed by atoms with E-state index in [1.54, 1.807) is 0 Å². The molecule has 0 heterocycles. The maximum atomic E-state index is 12.0. The predicted octanol–water partition coefficient (Wildman–Crippen LogP) is 1.99. The van der Waals surface area contributed by atoms with E-state index in [1.807, 2.05) is 30.3 Å². The molecule has 0 aliphatic carbocycles. The lowest BCUT2D eigenvalue weighted by Crippen LogP contribution is -2.31. The Balaban J connectivity index is 2.48. The molecule has 4 nitrogen and oxygen atoms in total. The lowest BCUT2D eigenvalue weighted by Gasteiger charge is -2.24. The molecule has 0 fully saturated rings. The topological polar surface area (TPSA) is 75.4 Å². The summed E-state index contributed by atoms with van der Waals surface area (Å²) < 4.78 is 0. The molecule has 0 aliphatic rings. The monoisotopic (exact) mass is 278 g/mol. The van der Waals surface area contributed by atoms with Crippen LogP contribution in [0.3, 0.4) is 0 Å². The van der Waals surface area contributed by atoms with Crippen molar-refractivity contribution >= 4 is 5.91 Å². The van der Waals surface area contributed by atoms with E-state index in [4.69, 9.17) is 5.73 Å². The number of carbonyl (C=O) groups is 1. The van der Waals surface area contributed by atoms with Gasteiger partial charge in [-0.2, -0.15) is 0 Å². The van der Waals surface area contributed by atoms with Gasteiger partial charge in [0.05, 0.1) is 12.6 Å². The van der Waals surface area contributed by atoms with Crippen LogP contribution in [0, 0.1) is 5.41 Å². The number of carbonyl (C=O) groups excluding carboxylic acids is 1. The maximum Gasteiger partial charge on any atom is 0.220 e. The molecule has 4 heteroatoms. The minimum atomic E-state index is -0.332. The fraction of sp³-hybridized carbons (Fsp3) is 0.562. The Bertz CT molecular complexity index is 404. The number of hydrogen-bond acceptors (Lipinski definition) is 3. The molecule has 0 radical (unpaired) electrons. The Labute approximate surface area is 121 Å². The molecule has 4 N–H and O–H groups in total. The van der Waals surface area contributed by atoms with Crippen molar-refractivity contribution in [3.8, 4) is 0 Å². The molecule has 112 valence electrons. The first kappa shape index (κ1) is 16.7. The van der Waals surface area contributed by atoms with Crippen LogP contribution in [0.4, 0.5) is 0 Å². The summed E-state index contributed by atoms with van der Waals surface area (Å²) in [6.45, 7) is 4.78. The van der Waals surface area contributed by atoms with E-state index in [0.29, 0.717) is 13.0 Å². The number of nitrogens with two attached hydrogens (primary N) is 1. The molecule has 1 aromatic rings. The highest BCUT2D eigenvalue weighted by atomic mass is 16.3. The van der Waals surface area contributed by atoms with E-state index in [0.717, 1.165) is 18.4 Å². The second-order valence-electron chi connectivity index (χ2n) is 5.92. The van der Waals surface area contributed by atoms with Crippen molar-refractivity contribution in [3.05, 3.63) is 35.9 Å². The molecule has 1 rings (SSSR count). The Hall–Kier alpha value is -1.39. The van der Waals surface area contributed by atoms with Gasteiger partial charge in [0.2, 0.25) is 5.91 Å². The fourth-order valence-electron chi connectivity index (χ4n) is 2.15. The van der Waals surface area contributed by atoms with Crippen molar-refractivity contribution in [2.45, 2.75) is 39.2 Å². The number of aliphatic hydroxyl groups excluding tert-OH is 1. The van der Waals surface area contributed by atoms with Gasteiger partial charge in [0, 0.05) is 6.42 Å². The van der Waals surface area contributed by atoms with E-state index in [1.165, 1.54) is 0 Å². The van der Waals surface area contributed by atoms with Gasteiger partial charge >= 0.3 is 0 Å². The van der Waals surface area contributed by atoms with E-state index in [9.17, 15) is 9.90 Å². The predicted molar refractivity (Wildman–Crippen MR) is 81.1 cm³/mol. The minimum absolute atomic E-state index is 0.0296. The molecule has 1 atom stereocenters. The summed E-state index contributed by atoms with van der Waals surface area (Å²) in [5.74, 6) is -0.0296. The molecule has 1 aromatic carbocycles. The molecular formula is C16H26N2O2. The highest BCUT2D eigenvalue weighted by Gasteiger charge is 2.19. The highest BCUT2D eigenvalue weighted by Crippen LogP contribution is 2.26. The molecule has 20 heavy (non-hydrogen) atoms. The lowest BCUT2D eigenvalue weighted by molar-refractivity contribution is -0.122. The van der Waals surface area contributed by atoms with Crippen LogP contribution < -0.4 is 11.1 Å². The molecular weight excluding hydrogens is 252 g/mol. The Morgan fingerprint density at radius 2 is 1.95 bits per heavy atom. The number of hydrogen-bond donors (Lipinski definition) is 3. The Morgan fingerprint density at radius 3 is 2.50 bits per heavy atom. The van der Waals surface area contributed by atoms with Crippen LogP contribution in [0.1, 0.15) is 44.7 Å².